The van der Waals surface area contributed by atoms with Crippen LogP contribution in [0.4, 0.5) is 13.9 Å². The highest BCUT2D eigenvalue weighted by molar-refractivity contribution is 7.22. The molecule has 5 rings (SSSR count). The fraction of sp³-hybridized carbons (Fsp3) is 0.115. The number of carbonyl (C=O) groups is 2. The number of aliphatic hydroxyl groups is 1. The van der Waals surface area contributed by atoms with Gasteiger partial charge in [-0.25, -0.2) is 13.8 Å². The van der Waals surface area contributed by atoms with E-state index in [2.05, 4.69) is 4.98 Å². The van der Waals surface area contributed by atoms with E-state index in [4.69, 9.17) is 4.74 Å². The van der Waals surface area contributed by atoms with Crippen molar-refractivity contribution in [3.05, 3.63) is 89.0 Å². The maximum Gasteiger partial charge on any atom is 0.301 e. The van der Waals surface area contributed by atoms with Gasteiger partial charge in [0.2, 0.25) is 0 Å². The molecule has 7 nitrogen and oxygen atoms in total. The van der Waals surface area contributed by atoms with Gasteiger partial charge in [-0.15, -0.1) is 0 Å². The van der Waals surface area contributed by atoms with Gasteiger partial charge in [0.25, 0.3) is 5.78 Å². The third-order valence-electron chi connectivity index (χ3n) is 5.70. The number of phenolic OH excluding ortho intramolecular Hbond substituents is 1. The minimum Gasteiger partial charge on any atom is -0.508 e. The highest BCUT2D eigenvalue weighted by atomic mass is 32.1. The molecule has 1 aliphatic heterocycles. The molecule has 0 radical (unpaired) electrons. The Bertz CT molecular complexity index is 1510. The summed E-state index contributed by atoms with van der Waals surface area (Å²) in [7, 11) is 0. The molecule has 1 atom stereocenters. The van der Waals surface area contributed by atoms with Crippen LogP contribution in [0.2, 0.25) is 0 Å². The number of aliphatic hydroxyl groups excluding tert-OH is 1. The molecule has 3 aromatic carbocycles. The Morgan fingerprint density at radius 2 is 1.81 bits per heavy atom. The predicted molar refractivity (Wildman–Crippen MR) is 130 cm³/mol. The number of rotatable bonds is 5. The Morgan fingerprint density at radius 3 is 2.53 bits per heavy atom. The Hall–Kier alpha value is -4.31. The molecule has 1 aliphatic rings. The number of hydrogen-bond acceptors (Lipinski definition) is 7. The number of hydrogen-bond donors (Lipinski definition) is 2. The first-order valence-corrected chi connectivity index (χ1v) is 11.7. The summed E-state index contributed by atoms with van der Waals surface area (Å²) >= 11 is 0.905. The number of halogens is 2. The molecule has 0 spiro atoms. The van der Waals surface area contributed by atoms with Gasteiger partial charge in [0.15, 0.2) is 16.8 Å². The second-order valence-electron chi connectivity index (χ2n) is 7.95. The van der Waals surface area contributed by atoms with Crippen molar-refractivity contribution in [2.45, 2.75) is 13.0 Å². The van der Waals surface area contributed by atoms with E-state index in [9.17, 15) is 28.6 Å². The summed E-state index contributed by atoms with van der Waals surface area (Å²) in [5.74, 6) is -4.07. The minimum absolute atomic E-state index is 0.0253. The summed E-state index contributed by atoms with van der Waals surface area (Å²) in [6, 6.07) is 13.0. The summed E-state index contributed by atoms with van der Waals surface area (Å²) in [4.78, 5) is 31.9. The molecular weight excluding hydrogens is 490 g/mol. The quantitative estimate of drug-likeness (QED) is 0.216. The summed E-state index contributed by atoms with van der Waals surface area (Å²) in [5.41, 5.74) is 0.586. The first-order valence-electron chi connectivity index (χ1n) is 10.9. The Morgan fingerprint density at radius 1 is 1.08 bits per heavy atom. The van der Waals surface area contributed by atoms with Crippen molar-refractivity contribution in [3.63, 3.8) is 0 Å². The number of anilines is 1. The smallest absolute Gasteiger partial charge is 0.301 e. The molecule has 4 aromatic rings. The normalized spacial score (nSPS) is 17.2. The van der Waals surface area contributed by atoms with E-state index in [1.807, 2.05) is 0 Å². The second kappa shape index (κ2) is 9.04. The zero-order chi connectivity index (χ0) is 25.6. The summed E-state index contributed by atoms with van der Waals surface area (Å²) < 4.78 is 33.3. The number of amides is 1. The molecule has 36 heavy (non-hydrogen) atoms. The third kappa shape index (κ3) is 3.95. The molecule has 182 valence electrons. The van der Waals surface area contributed by atoms with Crippen LogP contribution in [0.3, 0.4) is 0 Å². The molecule has 2 heterocycles. The fourth-order valence-corrected chi connectivity index (χ4v) is 5.07. The van der Waals surface area contributed by atoms with Crippen LogP contribution in [-0.2, 0) is 9.59 Å². The Balaban J connectivity index is 1.71. The molecule has 1 saturated heterocycles. The zero-order valence-corrected chi connectivity index (χ0v) is 19.6. The highest BCUT2D eigenvalue weighted by Crippen LogP contribution is 2.44. The van der Waals surface area contributed by atoms with Crippen LogP contribution in [0.15, 0.2) is 66.2 Å². The number of carbonyl (C=O) groups excluding carboxylic acids is 2. The summed E-state index contributed by atoms with van der Waals surface area (Å²) in [5, 5.41) is 21.0. The fourth-order valence-electron chi connectivity index (χ4n) is 4.07. The lowest BCUT2D eigenvalue weighted by Crippen LogP contribution is -2.29. The van der Waals surface area contributed by atoms with E-state index >= 15 is 0 Å². The molecule has 10 heteroatoms. The van der Waals surface area contributed by atoms with Gasteiger partial charge in [0.1, 0.15) is 17.3 Å². The lowest BCUT2D eigenvalue weighted by Gasteiger charge is -2.23. The van der Waals surface area contributed by atoms with Crippen molar-refractivity contribution >= 4 is 44.1 Å². The molecule has 0 saturated carbocycles. The minimum atomic E-state index is -1.11. The number of ether oxygens (including phenoxy) is 1. The van der Waals surface area contributed by atoms with Crippen molar-refractivity contribution in [1.82, 2.24) is 4.98 Å². The Kier molecular flexibility index (Phi) is 5.89. The van der Waals surface area contributed by atoms with Gasteiger partial charge in [0.05, 0.1) is 28.4 Å². The van der Waals surface area contributed by atoms with Crippen LogP contribution < -0.4 is 9.64 Å². The van der Waals surface area contributed by atoms with Gasteiger partial charge in [-0.1, -0.05) is 35.6 Å². The van der Waals surface area contributed by atoms with E-state index in [0.29, 0.717) is 17.9 Å². The number of aromatic hydroxyl groups is 1. The first kappa shape index (κ1) is 23.4. The maximum atomic E-state index is 13.8. The SMILES string of the molecule is CCOc1cccc(/C(O)=C2\C(=O)C(=O)N(c3nc4cc(F)c(F)cc4s3)C2c2ccc(O)cc2)c1. The van der Waals surface area contributed by atoms with Crippen LogP contribution in [-0.4, -0.2) is 33.5 Å². The van der Waals surface area contributed by atoms with Crippen LogP contribution >= 0.6 is 11.3 Å². The van der Waals surface area contributed by atoms with Crippen LogP contribution in [0.25, 0.3) is 16.0 Å². The van der Waals surface area contributed by atoms with Crippen molar-refractivity contribution in [3.8, 4) is 11.5 Å². The van der Waals surface area contributed by atoms with Gasteiger partial charge in [-0.05, 0) is 42.8 Å². The Labute approximate surface area is 207 Å². The van der Waals surface area contributed by atoms with Gasteiger partial charge in [0, 0.05) is 11.6 Å². The topological polar surface area (TPSA) is 100.0 Å². The van der Waals surface area contributed by atoms with Crippen LogP contribution in [0.1, 0.15) is 24.1 Å². The van der Waals surface area contributed by atoms with Crippen molar-refractivity contribution in [2.75, 3.05) is 11.5 Å². The number of nitrogens with zero attached hydrogens (tertiary/aromatic N) is 2. The average molecular weight is 509 g/mol. The molecular formula is C26H18F2N2O5S. The maximum absolute atomic E-state index is 13.8. The molecule has 1 aromatic heterocycles. The highest BCUT2D eigenvalue weighted by Gasteiger charge is 2.48. The van der Waals surface area contributed by atoms with E-state index in [1.165, 1.54) is 24.3 Å². The standard InChI is InChI=1S/C26H18F2N2O5S/c1-2-35-16-5-3-4-14(10-16)23(32)21-22(13-6-8-15(31)9-7-13)30(25(34)24(21)33)26-29-19-11-17(27)18(28)12-20(19)36-26/h3-12,22,31-32H,2H2,1H3/b23-21+. The van der Waals surface area contributed by atoms with E-state index in [1.54, 1.807) is 31.2 Å². The van der Waals surface area contributed by atoms with Crippen LogP contribution in [0, 0.1) is 11.6 Å². The van der Waals surface area contributed by atoms with Crippen molar-refractivity contribution in [2.24, 2.45) is 0 Å². The average Bonchev–Trinajstić information content (AvgIpc) is 3.37. The molecule has 1 amide bonds. The van der Waals surface area contributed by atoms with Gasteiger partial charge in [-0.3, -0.25) is 14.5 Å². The van der Waals surface area contributed by atoms with E-state index in [0.717, 1.165) is 28.4 Å². The molecule has 0 bridgehead atoms. The largest absolute Gasteiger partial charge is 0.508 e. The van der Waals surface area contributed by atoms with E-state index < -0.39 is 35.1 Å². The number of Topliss-reactive ketones (excluding diaryl/α,β-unsaturated/α-hetero) is 1. The molecule has 1 fully saturated rings. The van der Waals surface area contributed by atoms with Gasteiger partial charge in [-0.2, -0.15) is 0 Å². The van der Waals surface area contributed by atoms with Crippen LogP contribution in [0.5, 0.6) is 11.5 Å². The zero-order valence-electron chi connectivity index (χ0n) is 18.7. The van der Waals surface area contributed by atoms with Crippen molar-refractivity contribution in [1.29, 1.82) is 0 Å². The van der Waals surface area contributed by atoms with E-state index in [-0.39, 0.29) is 32.2 Å². The van der Waals surface area contributed by atoms with Gasteiger partial charge >= 0.3 is 5.91 Å². The monoisotopic (exact) mass is 508 g/mol. The van der Waals surface area contributed by atoms with Gasteiger partial charge < -0.3 is 14.9 Å². The molecule has 0 aliphatic carbocycles. The molecule has 2 N–H and O–H groups in total. The second-order valence-corrected chi connectivity index (χ2v) is 8.96. The number of aromatic nitrogens is 1. The number of phenols is 1. The molecule has 1 unspecified atom stereocenters. The van der Waals surface area contributed by atoms with Crippen molar-refractivity contribution < 1.29 is 33.3 Å². The number of ketones is 1. The number of thiazole rings is 1. The third-order valence-corrected chi connectivity index (χ3v) is 6.71. The summed E-state index contributed by atoms with van der Waals surface area (Å²) in [6.07, 6.45) is 0. The summed E-state index contributed by atoms with van der Waals surface area (Å²) in [6.45, 7) is 2.19. The lowest BCUT2D eigenvalue weighted by atomic mass is 9.95. The predicted octanol–water partition coefficient (Wildman–Crippen LogP) is 5.31. The number of benzene rings is 3. The lowest BCUT2D eigenvalue weighted by molar-refractivity contribution is -0.132. The number of fused-ring (bicyclic) bond motifs is 1. The first-order chi connectivity index (χ1) is 17.3.